The van der Waals surface area contributed by atoms with E-state index >= 15 is 0 Å². The number of aromatic nitrogens is 2. The van der Waals surface area contributed by atoms with Crippen LogP contribution in [0.3, 0.4) is 0 Å². The first-order valence-electron chi connectivity index (χ1n) is 6.32. The number of H-pyrrole nitrogens is 1. The Kier molecular flexibility index (Phi) is 2.58. The summed E-state index contributed by atoms with van der Waals surface area (Å²) in [5.74, 6) is -0.0615. The van der Waals surface area contributed by atoms with E-state index in [2.05, 4.69) is 16.3 Å². The average molecular weight is 244 g/mol. The third kappa shape index (κ3) is 1.88. The number of aliphatic carboxylic acids is 1. The van der Waals surface area contributed by atoms with Gasteiger partial charge in [-0.15, -0.1) is 0 Å². The van der Waals surface area contributed by atoms with Gasteiger partial charge in [0.25, 0.3) is 0 Å². The first-order valence-corrected chi connectivity index (χ1v) is 6.32. The molecule has 1 unspecified atom stereocenters. The lowest BCUT2D eigenvalue weighted by molar-refractivity contribution is -0.137. The molecule has 0 spiro atoms. The van der Waals surface area contributed by atoms with E-state index in [1.807, 2.05) is 19.1 Å². The normalized spacial score (nSPS) is 16.9. The first kappa shape index (κ1) is 11.3. The number of hydrogen-bond donors (Lipinski definition) is 2. The summed E-state index contributed by atoms with van der Waals surface area (Å²) in [6.07, 6.45) is 2.50. The lowest BCUT2D eigenvalue weighted by Crippen LogP contribution is -2.08. The molecule has 3 rings (SSSR count). The molecule has 0 saturated heterocycles. The zero-order chi connectivity index (χ0) is 12.7. The number of carbonyl (C=O) groups is 1. The second kappa shape index (κ2) is 4.12. The average Bonchev–Trinajstić information content (AvgIpc) is 3.11. The van der Waals surface area contributed by atoms with Crippen LogP contribution in [0.15, 0.2) is 18.2 Å². The number of fused-ring (bicyclic) bond motifs is 1. The van der Waals surface area contributed by atoms with E-state index in [4.69, 9.17) is 5.11 Å². The Hall–Kier alpha value is -1.84. The van der Waals surface area contributed by atoms with Crippen molar-refractivity contribution in [1.82, 2.24) is 10.2 Å². The summed E-state index contributed by atoms with van der Waals surface area (Å²) in [4.78, 5) is 11.1. The van der Waals surface area contributed by atoms with Crippen LogP contribution in [0, 0.1) is 12.8 Å². The summed E-state index contributed by atoms with van der Waals surface area (Å²) >= 11 is 0. The molecule has 0 bridgehead atoms. The van der Waals surface area contributed by atoms with Gasteiger partial charge in [-0.3, -0.25) is 9.89 Å². The number of rotatable bonds is 4. The Morgan fingerprint density at radius 3 is 3.00 bits per heavy atom. The molecule has 0 radical (unpaired) electrons. The van der Waals surface area contributed by atoms with Crippen LogP contribution in [0.1, 0.15) is 36.4 Å². The number of hydrogen-bond acceptors (Lipinski definition) is 2. The predicted molar refractivity (Wildman–Crippen MR) is 68.5 cm³/mol. The van der Waals surface area contributed by atoms with Crippen molar-refractivity contribution in [2.45, 2.75) is 32.1 Å². The molecule has 94 valence electrons. The van der Waals surface area contributed by atoms with Gasteiger partial charge < -0.3 is 5.11 Å². The van der Waals surface area contributed by atoms with Gasteiger partial charge in [0.15, 0.2) is 0 Å². The molecule has 4 heteroatoms. The molecular weight excluding hydrogens is 228 g/mol. The van der Waals surface area contributed by atoms with E-state index in [1.54, 1.807) is 0 Å². The number of aromatic amines is 1. The van der Waals surface area contributed by atoms with Gasteiger partial charge in [0, 0.05) is 11.1 Å². The summed E-state index contributed by atoms with van der Waals surface area (Å²) in [5, 5.41) is 17.4. The molecule has 0 amide bonds. The minimum Gasteiger partial charge on any atom is -0.481 e. The standard InChI is InChI=1S/C14H16N2O2/c1-8-14-10(3-2-4-12(14)16-15-8)11(7-13(17)18)9-5-6-9/h2-4,9,11H,5-7H2,1H3,(H,15,16)(H,17,18). The molecule has 1 heterocycles. The van der Waals surface area contributed by atoms with Crippen molar-refractivity contribution in [2.24, 2.45) is 5.92 Å². The highest BCUT2D eigenvalue weighted by Crippen LogP contribution is 2.46. The fraction of sp³-hybridized carbons (Fsp3) is 0.429. The minimum absolute atomic E-state index is 0.127. The minimum atomic E-state index is -0.718. The molecule has 1 atom stereocenters. The summed E-state index contributed by atoms with van der Waals surface area (Å²) in [7, 11) is 0. The molecule has 2 aromatic rings. The van der Waals surface area contributed by atoms with Gasteiger partial charge in [0.1, 0.15) is 0 Å². The van der Waals surface area contributed by atoms with Gasteiger partial charge in [-0.25, -0.2) is 0 Å². The molecule has 1 aromatic heterocycles. The molecule has 1 fully saturated rings. The number of nitrogens with one attached hydrogen (secondary N) is 1. The van der Waals surface area contributed by atoms with Crippen molar-refractivity contribution >= 4 is 16.9 Å². The largest absolute Gasteiger partial charge is 0.481 e. The van der Waals surface area contributed by atoms with Crippen molar-refractivity contribution in [1.29, 1.82) is 0 Å². The second-order valence-electron chi connectivity index (χ2n) is 5.13. The van der Waals surface area contributed by atoms with Crippen LogP contribution in [0.4, 0.5) is 0 Å². The number of nitrogens with zero attached hydrogens (tertiary/aromatic N) is 1. The fourth-order valence-corrected chi connectivity index (χ4v) is 2.79. The highest BCUT2D eigenvalue weighted by molar-refractivity contribution is 5.86. The Bertz CT molecular complexity index is 599. The highest BCUT2D eigenvalue weighted by atomic mass is 16.4. The van der Waals surface area contributed by atoms with Gasteiger partial charge in [-0.2, -0.15) is 5.10 Å². The zero-order valence-corrected chi connectivity index (χ0v) is 10.3. The zero-order valence-electron chi connectivity index (χ0n) is 10.3. The molecule has 18 heavy (non-hydrogen) atoms. The van der Waals surface area contributed by atoms with Gasteiger partial charge in [0.2, 0.25) is 0 Å². The van der Waals surface area contributed by atoms with Gasteiger partial charge in [0.05, 0.1) is 11.9 Å². The maximum absolute atomic E-state index is 11.1. The molecule has 1 aliphatic rings. The van der Waals surface area contributed by atoms with E-state index < -0.39 is 5.97 Å². The van der Waals surface area contributed by atoms with Crippen LogP contribution >= 0.6 is 0 Å². The summed E-state index contributed by atoms with van der Waals surface area (Å²) in [6.45, 7) is 1.99. The lowest BCUT2D eigenvalue weighted by atomic mass is 9.88. The maximum atomic E-state index is 11.1. The van der Waals surface area contributed by atoms with Crippen LogP contribution in [0.5, 0.6) is 0 Å². The lowest BCUT2D eigenvalue weighted by Gasteiger charge is -2.15. The number of carboxylic acid groups (broad SMARTS) is 1. The number of aryl methyl sites for hydroxylation is 1. The van der Waals surface area contributed by atoms with Gasteiger partial charge in [-0.1, -0.05) is 12.1 Å². The van der Waals surface area contributed by atoms with Crippen LogP contribution in [-0.4, -0.2) is 21.3 Å². The van der Waals surface area contributed by atoms with E-state index in [-0.39, 0.29) is 12.3 Å². The monoisotopic (exact) mass is 244 g/mol. The van der Waals surface area contributed by atoms with Crippen LogP contribution in [0.2, 0.25) is 0 Å². The van der Waals surface area contributed by atoms with Crippen LogP contribution in [0.25, 0.3) is 10.9 Å². The SMILES string of the molecule is Cc1[nH]nc2cccc(C(CC(=O)O)C3CC3)c12. The smallest absolute Gasteiger partial charge is 0.303 e. The van der Waals surface area contributed by atoms with Crippen molar-refractivity contribution in [3.63, 3.8) is 0 Å². The Morgan fingerprint density at radius 2 is 2.33 bits per heavy atom. The summed E-state index contributed by atoms with van der Waals surface area (Å²) < 4.78 is 0. The molecule has 1 saturated carbocycles. The topological polar surface area (TPSA) is 66.0 Å². The van der Waals surface area contributed by atoms with Crippen molar-refractivity contribution in [3.05, 3.63) is 29.5 Å². The third-order valence-corrected chi connectivity index (χ3v) is 3.78. The van der Waals surface area contributed by atoms with E-state index in [0.29, 0.717) is 5.92 Å². The second-order valence-corrected chi connectivity index (χ2v) is 5.13. The quantitative estimate of drug-likeness (QED) is 0.869. The molecule has 1 aliphatic carbocycles. The summed E-state index contributed by atoms with van der Waals surface area (Å²) in [6, 6.07) is 5.99. The van der Waals surface area contributed by atoms with Crippen LogP contribution < -0.4 is 0 Å². The maximum Gasteiger partial charge on any atom is 0.303 e. The Morgan fingerprint density at radius 1 is 1.56 bits per heavy atom. The van der Waals surface area contributed by atoms with Gasteiger partial charge in [-0.05, 0) is 43.2 Å². The molecule has 4 nitrogen and oxygen atoms in total. The number of carboxylic acids is 1. The molecule has 0 aliphatic heterocycles. The first-order chi connectivity index (χ1) is 8.66. The van der Waals surface area contributed by atoms with Crippen molar-refractivity contribution < 1.29 is 9.90 Å². The Labute approximate surface area is 105 Å². The summed E-state index contributed by atoms with van der Waals surface area (Å²) in [5.41, 5.74) is 3.10. The highest BCUT2D eigenvalue weighted by Gasteiger charge is 2.34. The van der Waals surface area contributed by atoms with E-state index in [9.17, 15) is 4.79 Å². The molecule has 1 aromatic carbocycles. The molecule has 2 N–H and O–H groups in total. The van der Waals surface area contributed by atoms with Crippen LogP contribution in [-0.2, 0) is 4.79 Å². The third-order valence-electron chi connectivity index (χ3n) is 3.78. The van der Waals surface area contributed by atoms with E-state index in [0.717, 1.165) is 35.0 Å². The number of benzene rings is 1. The molecular formula is C14H16N2O2. The van der Waals surface area contributed by atoms with Crippen molar-refractivity contribution in [3.8, 4) is 0 Å². The Balaban J connectivity index is 2.10. The van der Waals surface area contributed by atoms with Crippen molar-refractivity contribution in [2.75, 3.05) is 0 Å². The van der Waals surface area contributed by atoms with Gasteiger partial charge >= 0.3 is 5.97 Å². The van der Waals surface area contributed by atoms with E-state index in [1.165, 1.54) is 0 Å². The predicted octanol–water partition coefficient (Wildman–Crippen LogP) is 2.84. The fourth-order valence-electron chi connectivity index (χ4n) is 2.79.